The van der Waals surface area contributed by atoms with E-state index in [0.29, 0.717) is 0 Å². The van der Waals surface area contributed by atoms with Gasteiger partial charge in [0, 0.05) is 13.1 Å². The molecule has 0 aromatic heterocycles. The third-order valence-corrected chi connectivity index (χ3v) is 1.45. The Morgan fingerprint density at radius 1 is 1.73 bits per heavy atom. The summed E-state index contributed by atoms with van der Waals surface area (Å²) in [6.07, 6.45) is 0. The topological polar surface area (TPSA) is 38.3 Å². The first-order valence-electron chi connectivity index (χ1n) is 3.26. The van der Waals surface area contributed by atoms with Gasteiger partial charge in [-0.3, -0.25) is 0 Å². The van der Waals surface area contributed by atoms with Gasteiger partial charge in [-0.2, -0.15) is 0 Å². The van der Waals surface area contributed by atoms with Crippen LogP contribution in [0, 0.1) is 0 Å². The first kappa shape index (κ1) is 10.7. The van der Waals surface area contributed by atoms with Gasteiger partial charge in [0.15, 0.2) is 0 Å². The SMILES string of the molecule is CCOC(=O)C1(F)CNC1.Cl. The molecule has 1 rings (SSSR count). The van der Waals surface area contributed by atoms with Crippen molar-refractivity contribution in [3.8, 4) is 0 Å². The third kappa shape index (κ3) is 2.04. The predicted molar refractivity (Wildman–Crippen MR) is 40.6 cm³/mol. The van der Waals surface area contributed by atoms with Crippen LogP contribution in [0.1, 0.15) is 6.92 Å². The van der Waals surface area contributed by atoms with Crippen LogP contribution >= 0.6 is 12.4 Å². The molecule has 1 heterocycles. The highest BCUT2D eigenvalue weighted by Crippen LogP contribution is 2.17. The number of esters is 1. The normalized spacial score (nSPS) is 19.5. The van der Waals surface area contributed by atoms with Crippen LogP contribution in [0.3, 0.4) is 0 Å². The van der Waals surface area contributed by atoms with E-state index in [1.807, 2.05) is 0 Å². The molecule has 66 valence electrons. The van der Waals surface area contributed by atoms with E-state index < -0.39 is 11.6 Å². The number of alkyl halides is 1. The lowest BCUT2D eigenvalue weighted by molar-refractivity contribution is -0.160. The van der Waals surface area contributed by atoms with Crippen LogP contribution in [0.25, 0.3) is 0 Å². The molecule has 11 heavy (non-hydrogen) atoms. The van der Waals surface area contributed by atoms with E-state index in [9.17, 15) is 9.18 Å². The van der Waals surface area contributed by atoms with E-state index in [4.69, 9.17) is 0 Å². The number of carbonyl (C=O) groups excluding carboxylic acids is 1. The Balaban J connectivity index is 0.000001000. The van der Waals surface area contributed by atoms with Gasteiger partial charge in [-0.1, -0.05) is 0 Å². The summed E-state index contributed by atoms with van der Waals surface area (Å²) >= 11 is 0. The van der Waals surface area contributed by atoms with Crippen molar-refractivity contribution in [1.29, 1.82) is 0 Å². The lowest BCUT2D eigenvalue weighted by Gasteiger charge is -2.31. The molecule has 1 aliphatic heterocycles. The van der Waals surface area contributed by atoms with E-state index in [1.54, 1.807) is 6.92 Å². The maximum Gasteiger partial charge on any atom is 0.346 e. The minimum atomic E-state index is -1.74. The van der Waals surface area contributed by atoms with Gasteiger partial charge >= 0.3 is 5.97 Å². The second kappa shape index (κ2) is 3.88. The monoisotopic (exact) mass is 183 g/mol. The zero-order chi connectivity index (χ0) is 7.61. The van der Waals surface area contributed by atoms with Gasteiger partial charge in [-0.05, 0) is 6.92 Å². The second-order valence-corrected chi connectivity index (χ2v) is 2.29. The maximum absolute atomic E-state index is 12.9. The Labute approximate surface area is 70.7 Å². The number of rotatable bonds is 2. The first-order chi connectivity index (χ1) is 4.69. The van der Waals surface area contributed by atoms with Crippen LogP contribution in [-0.4, -0.2) is 31.3 Å². The number of hydrogen-bond donors (Lipinski definition) is 1. The molecule has 0 spiro atoms. The van der Waals surface area contributed by atoms with Gasteiger partial charge in [-0.15, -0.1) is 12.4 Å². The second-order valence-electron chi connectivity index (χ2n) is 2.29. The Morgan fingerprint density at radius 2 is 2.27 bits per heavy atom. The zero-order valence-corrected chi connectivity index (χ0v) is 7.04. The number of carbonyl (C=O) groups is 1. The number of nitrogens with one attached hydrogen (secondary N) is 1. The smallest absolute Gasteiger partial charge is 0.346 e. The van der Waals surface area contributed by atoms with Gasteiger partial charge in [0.2, 0.25) is 5.67 Å². The van der Waals surface area contributed by atoms with Gasteiger partial charge in [0.1, 0.15) is 0 Å². The molecule has 3 nitrogen and oxygen atoms in total. The fourth-order valence-corrected chi connectivity index (χ4v) is 0.749. The summed E-state index contributed by atoms with van der Waals surface area (Å²) in [7, 11) is 0. The third-order valence-electron chi connectivity index (χ3n) is 1.45. The Kier molecular flexibility index (Phi) is 3.75. The predicted octanol–water partition coefficient (Wildman–Crippen LogP) is 0.283. The fourth-order valence-electron chi connectivity index (χ4n) is 0.749. The molecule has 0 bridgehead atoms. The Bertz CT molecular complexity index is 150. The van der Waals surface area contributed by atoms with Crippen molar-refractivity contribution in [2.75, 3.05) is 19.7 Å². The summed E-state index contributed by atoms with van der Waals surface area (Å²) in [6.45, 7) is 2.08. The van der Waals surface area contributed by atoms with Crippen molar-refractivity contribution in [2.24, 2.45) is 0 Å². The van der Waals surface area contributed by atoms with Gasteiger partial charge < -0.3 is 10.1 Å². The van der Waals surface area contributed by atoms with Crippen molar-refractivity contribution >= 4 is 18.4 Å². The van der Waals surface area contributed by atoms with E-state index in [-0.39, 0.29) is 32.1 Å². The van der Waals surface area contributed by atoms with Crippen LogP contribution in [-0.2, 0) is 9.53 Å². The zero-order valence-electron chi connectivity index (χ0n) is 6.22. The first-order valence-corrected chi connectivity index (χ1v) is 3.26. The standard InChI is InChI=1S/C6H10FNO2.ClH/c1-2-10-5(9)6(7)3-8-4-6;/h8H,2-4H2,1H3;1H. The molecule has 1 N–H and O–H groups in total. The summed E-state index contributed by atoms with van der Waals surface area (Å²) in [4.78, 5) is 10.7. The average molecular weight is 184 g/mol. The van der Waals surface area contributed by atoms with Gasteiger partial charge in [0.05, 0.1) is 6.61 Å². The minimum Gasteiger partial charge on any atom is -0.464 e. The molecule has 0 aromatic rings. The molecule has 0 unspecified atom stereocenters. The summed E-state index contributed by atoms with van der Waals surface area (Å²) < 4.78 is 17.4. The van der Waals surface area contributed by atoms with Crippen molar-refractivity contribution in [3.05, 3.63) is 0 Å². The number of halogens is 2. The van der Waals surface area contributed by atoms with Crippen LogP contribution in [0.2, 0.25) is 0 Å². The van der Waals surface area contributed by atoms with E-state index in [0.717, 1.165) is 0 Å². The molecular formula is C6H11ClFNO2. The summed E-state index contributed by atoms with van der Waals surface area (Å²) in [5, 5.41) is 2.67. The quantitative estimate of drug-likeness (QED) is 0.626. The molecule has 5 heteroatoms. The van der Waals surface area contributed by atoms with E-state index >= 15 is 0 Å². The fraction of sp³-hybridized carbons (Fsp3) is 0.833. The molecule has 0 aliphatic carbocycles. The van der Waals surface area contributed by atoms with Gasteiger partial charge in [0.25, 0.3) is 0 Å². The highest BCUT2D eigenvalue weighted by atomic mass is 35.5. The molecule has 1 saturated heterocycles. The lowest BCUT2D eigenvalue weighted by atomic mass is 10.0. The molecule has 0 aromatic carbocycles. The maximum atomic E-state index is 12.9. The van der Waals surface area contributed by atoms with Crippen LogP contribution in [0.4, 0.5) is 4.39 Å². The number of hydrogen-bond acceptors (Lipinski definition) is 3. The summed E-state index contributed by atoms with van der Waals surface area (Å²) in [5.74, 6) is -0.742. The van der Waals surface area contributed by atoms with Crippen LogP contribution in [0.15, 0.2) is 0 Å². The average Bonchev–Trinajstić information content (AvgIpc) is 1.83. The molecule has 0 saturated carbocycles. The largest absolute Gasteiger partial charge is 0.464 e. The minimum absolute atomic E-state index is 0. The Hall–Kier alpha value is -0.350. The summed E-state index contributed by atoms with van der Waals surface area (Å²) in [5.41, 5.74) is -1.74. The van der Waals surface area contributed by atoms with Gasteiger partial charge in [-0.25, -0.2) is 9.18 Å². The van der Waals surface area contributed by atoms with Crippen LogP contribution < -0.4 is 5.32 Å². The van der Waals surface area contributed by atoms with E-state index in [2.05, 4.69) is 10.1 Å². The summed E-state index contributed by atoms with van der Waals surface area (Å²) in [6, 6.07) is 0. The molecule has 0 atom stereocenters. The number of ether oxygens (including phenoxy) is 1. The molecule has 1 aliphatic rings. The highest BCUT2D eigenvalue weighted by Gasteiger charge is 2.46. The highest BCUT2D eigenvalue weighted by molar-refractivity contribution is 5.85. The molecular weight excluding hydrogens is 173 g/mol. The van der Waals surface area contributed by atoms with Crippen molar-refractivity contribution in [2.45, 2.75) is 12.6 Å². The molecule has 0 amide bonds. The lowest BCUT2D eigenvalue weighted by Crippen LogP contribution is -2.61. The van der Waals surface area contributed by atoms with E-state index in [1.165, 1.54) is 0 Å². The van der Waals surface area contributed by atoms with Crippen molar-refractivity contribution in [1.82, 2.24) is 5.32 Å². The van der Waals surface area contributed by atoms with Crippen LogP contribution in [0.5, 0.6) is 0 Å². The molecule has 1 fully saturated rings. The van der Waals surface area contributed by atoms with Crippen molar-refractivity contribution < 1.29 is 13.9 Å². The van der Waals surface area contributed by atoms with Crippen molar-refractivity contribution in [3.63, 3.8) is 0 Å². The Morgan fingerprint density at radius 3 is 2.55 bits per heavy atom. The molecule has 0 radical (unpaired) electrons.